The van der Waals surface area contributed by atoms with Gasteiger partial charge in [-0.1, -0.05) is 23.8 Å². The van der Waals surface area contributed by atoms with Crippen molar-refractivity contribution >= 4 is 26.6 Å². The first-order valence-electron chi connectivity index (χ1n) is 9.09. The Morgan fingerprint density at radius 2 is 1.89 bits per heavy atom. The highest BCUT2D eigenvalue weighted by Gasteiger charge is 2.35. The fraction of sp³-hybridized carbons (Fsp3) is 0.286. The molecule has 1 saturated carbocycles. The summed E-state index contributed by atoms with van der Waals surface area (Å²) in [6.07, 6.45) is 1.46. The van der Waals surface area contributed by atoms with E-state index >= 15 is 0 Å². The highest BCUT2D eigenvalue weighted by molar-refractivity contribution is 7.93. The van der Waals surface area contributed by atoms with Gasteiger partial charge in [-0.05, 0) is 56.5 Å². The van der Waals surface area contributed by atoms with E-state index in [4.69, 9.17) is 0 Å². The predicted molar refractivity (Wildman–Crippen MR) is 108 cm³/mol. The van der Waals surface area contributed by atoms with Crippen molar-refractivity contribution in [3.05, 3.63) is 53.6 Å². The number of hydrogen-bond acceptors (Lipinski definition) is 3. The van der Waals surface area contributed by atoms with E-state index in [9.17, 15) is 13.7 Å². The molecule has 5 nitrogen and oxygen atoms in total. The third-order valence-corrected chi connectivity index (χ3v) is 6.90. The van der Waals surface area contributed by atoms with Crippen molar-refractivity contribution in [2.24, 2.45) is 0 Å². The van der Waals surface area contributed by atoms with Gasteiger partial charge < -0.3 is 4.57 Å². The molecule has 0 atom stereocenters. The number of aromatic nitrogens is 1. The first kappa shape index (κ1) is 17.6. The van der Waals surface area contributed by atoms with Gasteiger partial charge in [-0.25, -0.2) is 8.42 Å². The molecule has 2 aromatic carbocycles. The van der Waals surface area contributed by atoms with Gasteiger partial charge in [-0.15, -0.1) is 0 Å². The Kier molecular flexibility index (Phi) is 4.20. The summed E-state index contributed by atoms with van der Waals surface area (Å²) in [5.74, 6) is 0. The number of hydrogen-bond donors (Lipinski definition) is 1. The topological polar surface area (TPSA) is 74.9 Å². The van der Waals surface area contributed by atoms with Gasteiger partial charge in [0, 0.05) is 23.1 Å². The van der Waals surface area contributed by atoms with Crippen molar-refractivity contribution in [3.63, 3.8) is 0 Å². The number of aryl methyl sites for hydroxylation is 2. The minimum atomic E-state index is -3.28. The lowest BCUT2D eigenvalue weighted by atomic mass is 10.0. The monoisotopic (exact) mass is 379 g/mol. The molecule has 27 heavy (non-hydrogen) atoms. The maximum Gasteiger partial charge on any atom is 0.235 e. The largest absolute Gasteiger partial charge is 0.340 e. The van der Waals surface area contributed by atoms with Crippen LogP contribution in [0.4, 0.5) is 5.69 Å². The third kappa shape index (κ3) is 3.08. The molecular formula is C21H21N3O2S. The SMILES string of the molecule is CCn1c(-c2ccc(NS(=O)(=O)C3CC3)cc2)c(C#N)c2cc(C)ccc21. The normalized spacial score (nSPS) is 14.3. The average Bonchev–Trinajstić information content (AvgIpc) is 3.45. The Labute approximate surface area is 159 Å². The third-order valence-electron chi connectivity index (χ3n) is 5.03. The first-order valence-corrected chi connectivity index (χ1v) is 10.6. The number of fused-ring (bicyclic) bond motifs is 1. The highest BCUT2D eigenvalue weighted by atomic mass is 32.2. The van der Waals surface area contributed by atoms with Crippen LogP contribution in [-0.2, 0) is 16.6 Å². The Hall–Kier alpha value is -2.78. The van der Waals surface area contributed by atoms with E-state index in [1.165, 1.54) is 0 Å². The molecule has 0 bridgehead atoms. The summed E-state index contributed by atoms with van der Waals surface area (Å²) in [5.41, 5.74) is 5.13. The minimum Gasteiger partial charge on any atom is -0.340 e. The molecule has 0 saturated heterocycles. The van der Waals surface area contributed by atoms with Crippen LogP contribution < -0.4 is 4.72 Å². The van der Waals surface area contributed by atoms with Gasteiger partial charge in [-0.2, -0.15) is 5.26 Å². The van der Waals surface area contributed by atoms with Crippen molar-refractivity contribution < 1.29 is 8.42 Å². The van der Waals surface area contributed by atoms with Crippen molar-refractivity contribution in [2.45, 2.75) is 38.5 Å². The molecule has 0 amide bonds. The van der Waals surface area contributed by atoms with Crippen LogP contribution in [0, 0.1) is 18.3 Å². The Balaban J connectivity index is 1.79. The summed E-state index contributed by atoms with van der Waals surface area (Å²) < 4.78 is 29.0. The number of nitrogens with one attached hydrogen (secondary N) is 1. The minimum absolute atomic E-state index is 0.256. The smallest absolute Gasteiger partial charge is 0.235 e. The van der Waals surface area contributed by atoms with Crippen LogP contribution in [0.25, 0.3) is 22.2 Å². The van der Waals surface area contributed by atoms with E-state index in [1.807, 2.05) is 25.1 Å². The van der Waals surface area contributed by atoms with Gasteiger partial charge in [0.05, 0.1) is 16.5 Å². The van der Waals surface area contributed by atoms with Crippen LogP contribution in [0.3, 0.4) is 0 Å². The van der Waals surface area contributed by atoms with Crippen LogP contribution in [0.5, 0.6) is 0 Å². The standard InChI is InChI=1S/C21H21N3O2S/c1-3-24-20-11-4-14(2)12-18(20)19(13-22)21(24)15-5-7-16(8-6-15)23-27(25,26)17-9-10-17/h4-8,11-12,17,23H,3,9-10H2,1-2H3. The van der Waals surface area contributed by atoms with Crippen LogP contribution in [0.2, 0.25) is 0 Å². The molecule has 0 unspecified atom stereocenters. The fourth-order valence-electron chi connectivity index (χ4n) is 3.53. The van der Waals surface area contributed by atoms with E-state index in [0.717, 1.165) is 47.1 Å². The summed E-state index contributed by atoms with van der Waals surface area (Å²) in [6.45, 7) is 4.82. The van der Waals surface area contributed by atoms with Crippen LogP contribution in [-0.4, -0.2) is 18.2 Å². The van der Waals surface area contributed by atoms with Crippen molar-refractivity contribution in [1.29, 1.82) is 5.26 Å². The zero-order chi connectivity index (χ0) is 19.2. The van der Waals surface area contributed by atoms with E-state index < -0.39 is 10.0 Å². The maximum absolute atomic E-state index is 12.1. The molecular weight excluding hydrogens is 358 g/mol. The second kappa shape index (κ2) is 6.43. The molecule has 6 heteroatoms. The molecule has 0 spiro atoms. The summed E-state index contributed by atoms with van der Waals surface area (Å²) in [5, 5.41) is 10.5. The van der Waals surface area contributed by atoms with Crippen LogP contribution >= 0.6 is 0 Å². The molecule has 1 aliphatic rings. The van der Waals surface area contributed by atoms with E-state index in [1.54, 1.807) is 12.1 Å². The van der Waals surface area contributed by atoms with Gasteiger partial charge in [-0.3, -0.25) is 4.72 Å². The number of nitrogens with zero attached hydrogens (tertiary/aromatic N) is 2. The van der Waals surface area contributed by atoms with Gasteiger partial charge in [0.2, 0.25) is 10.0 Å². The fourth-order valence-corrected chi connectivity index (χ4v) is 4.92. The molecule has 1 aromatic heterocycles. The van der Waals surface area contributed by atoms with Crippen molar-refractivity contribution in [2.75, 3.05) is 4.72 Å². The highest BCUT2D eigenvalue weighted by Crippen LogP contribution is 2.35. The number of rotatable bonds is 5. The quantitative estimate of drug-likeness (QED) is 0.713. The summed E-state index contributed by atoms with van der Waals surface area (Å²) in [6, 6.07) is 15.8. The van der Waals surface area contributed by atoms with Gasteiger partial charge in [0.15, 0.2) is 0 Å². The zero-order valence-electron chi connectivity index (χ0n) is 15.4. The molecule has 1 N–H and O–H groups in total. The molecule has 0 radical (unpaired) electrons. The van der Waals surface area contributed by atoms with Crippen LogP contribution in [0.15, 0.2) is 42.5 Å². The maximum atomic E-state index is 12.1. The van der Waals surface area contributed by atoms with E-state index in [-0.39, 0.29) is 5.25 Å². The average molecular weight is 379 g/mol. The van der Waals surface area contributed by atoms with Gasteiger partial charge >= 0.3 is 0 Å². The number of anilines is 1. The van der Waals surface area contributed by atoms with E-state index in [2.05, 4.69) is 34.4 Å². The lowest BCUT2D eigenvalue weighted by molar-refractivity contribution is 0.600. The number of benzene rings is 2. The summed E-state index contributed by atoms with van der Waals surface area (Å²) >= 11 is 0. The molecule has 1 fully saturated rings. The molecule has 1 heterocycles. The molecule has 0 aliphatic heterocycles. The van der Waals surface area contributed by atoms with Gasteiger partial charge in [0.25, 0.3) is 0 Å². The Morgan fingerprint density at radius 3 is 2.48 bits per heavy atom. The Bertz CT molecular complexity index is 1160. The lowest BCUT2D eigenvalue weighted by Gasteiger charge is -2.11. The first-order chi connectivity index (χ1) is 12.9. The molecule has 1 aliphatic carbocycles. The van der Waals surface area contributed by atoms with Crippen LogP contribution in [0.1, 0.15) is 30.9 Å². The Morgan fingerprint density at radius 1 is 1.19 bits per heavy atom. The van der Waals surface area contributed by atoms with E-state index in [0.29, 0.717) is 11.3 Å². The molecule has 3 aromatic rings. The summed E-state index contributed by atoms with van der Waals surface area (Å²) in [4.78, 5) is 0. The van der Waals surface area contributed by atoms with Gasteiger partial charge in [0.1, 0.15) is 6.07 Å². The van der Waals surface area contributed by atoms with Crippen molar-refractivity contribution in [3.8, 4) is 17.3 Å². The predicted octanol–water partition coefficient (Wildman–Crippen LogP) is 4.41. The van der Waals surface area contributed by atoms with Crippen molar-refractivity contribution in [1.82, 2.24) is 4.57 Å². The zero-order valence-corrected chi connectivity index (χ0v) is 16.2. The summed E-state index contributed by atoms with van der Waals surface area (Å²) in [7, 11) is -3.28. The second-order valence-electron chi connectivity index (χ2n) is 7.02. The molecule has 138 valence electrons. The second-order valence-corrected chi connectivity index (χ2v) is 8.98. The molecule has 4 rings (SSSR count). The lowest BCUT2D eigenvalue weighted by Crippen LogP contribution is -2.17. The number of sulfonamides is 1. The number of nitriles is 1.